The van der Waals surface area contributed by atoms with Crippen LogP contribution in [0.2, 0.25) is 0 Å². The quantitative estimate of drug-likeness (QED) is 0.102. The number of hydrogen-bond donors (Lipinski definition) is 0. The Balaban J connectivity index is 2.10. The third kappa shape index (κ3) is 16.8. The number of unbranched alkanes of at least 4 members (excludes halogenated alkanes) is 4. The summed E-state index contributed by atoms with van der Waals surface area (Å²) < 4.78 is 11.2. The number of hydrogen-bond acceptors (Lipinski definition) is 4. The van der Waals surface area contributed by atoms with Gasteiger partial charge in [0.1, 0.15) is 0 Å². The van der Waals surface area contributed by atoms with Crippen LogP contribution in [0.3, 0.4) is 0 Å². The topological polar surface area (TPSA) is 52.6 Å². The van der Waals surface area contributed by atoms with Gasteiger partial charge in [0.05, 0.1) is 25.0 Å². The van der Waals surface area contributed by atoms with E-state index in [0.29, 0.717) is 25.0 Å². The molecule has 1 aliphatic rings. The van der Waals surface area contributed by atoms with Crippen LogP contribution >= 0.6 is 0 Å². The number of carbonyl (C=O) groups excluding carboxylic acids is 2. The van der Waals surface area contributed by atoms with Crippen molar-refractivity contribution in [3.05, 3.63) is 0 Å². The van der Waals surface area contributed by atoms with Gasteiger partial charge >= 0.3 is 11.9 Å². The summed E-state index contributed by atoms with van der Waals surface area (Å²) in [5.41, 5.74) is 0. The molecule has 0 aromatic heterocycles. The molecule has 0 aliphatic heterocycles. The molecule has 0 bridgehead atoms. The van der Waals surface area contributed by atoms with Crippen molar-refractivity contribution in [2.45, 2.75) is 157 Å². The van der Waals surface area contributed by atoms with Gasteiger partial charge < -0.3 is 9.47 Å². The van der Waals surface area contributed by atoms with Crippen molar-refractivity contribution in [3.63, 3.8) is 0 Å². The van der Waals surface area contributed by atoms with Gasteiger partial charge in [0.15, 0.2) is 0 Å². The van der Waals surface area contributed by atoms with E-state index in [-0.39, 0.29) is 23.8 Å². The normalized spacial score (nSPS) is 20.9. The number of ether oxygens (including phenoxy) is 2. The lowest BCUT2D eigenvalue weighted by Gasteiger charge is -2.26. The third-order valence-corrected chi connectivity index (χ3v) is 8.78. The van der Waals surface area contributed by atoms with Crippen LogP contribution in [0.5, 0.6) is 0 Å². The molecule has 0 amide bonds. The van der Waals surface area contributed by atoms with Gasteiger partial charge in [-0.15, -0.1) is 0 Å². The molecule has 1 saturated carbocycles. The Morgan fingerprint density at radius 2 is 0.868 bits per heavy atom. The van der Waals surface area contributed by atoms with Gasteiger partial charge in [-0.2, -0.15) is 0 Å². The molecule has 0 aromatic rings. The third-order valence-electron chi connectivity index (χ3n) is 8.78. The van der Waals surface area contributed by atoms with Crippen LogP contribution < -0.4 is 0 Å². The average molecular weight is 537 g/mol. The SMILES string of the molecule is CCCCCC(C)CC(C)CCCOC(=O)C1CCC(C(=O)OCCCC(C)CC(C)CCCCC)CC1. The van der Waals surface area contributed by atoms with E-state index in [1.165, 1.54) is 64.2 Å². The van der Waals surface area contributed by atoms with Crippen molar-refractivity contribution in [2.24, 2.45) is 35.5 Å². The molecule has 224 valence electrons. The molecule has 1 fully saturated rings. The van der Waals surface area contributed by atoms with Gasteiger partial charge in [0.25, 0.3) is 0 Å². The predicted molar refractivity (Wildman–Crippen MR) is 160 cm³/mol. The van der Waals surface area contributed by atoms with Crippen LogP contribution in [0.1, 0.15) is 157 Å². The van der Waals surface area contributed by atoms with Crippen molar-refractivity contribution in [1.82, 2.24) is 0 Å². The summed E-state index contributed by atoms with van der Waals surface area (Å²) in [4.78, 5) is 25.1. The van der Waals surface area contributed by atoms with Crippen LogP contribution in [0.25, 0.3) is 0 Å². The molecule has 0 aromatic carbocycles. The van der Waals surface area contributed by atoms with Crippen molar-refractivity contribution >= 4 is 11.9 Å². The second kappa shape index (κ2) is 21.7. The Hall–Kier alpha value is -1.06. The lowest BCUT2D eigenvalue weighted by Crippen LogP contribution is -2.28. The summed E-state index contributed by atoms with van der Waals surface area (Å²) >= 11 is 0. The highest BCUT2D eigenvalue weighted by Gasteiger charge is 2.31. The second-order valence-electron chi connectivity index (χ2n) is 13.1. The second-order valence-corrected chi connectivity index (χ2v) is 13.1. The number of carbonyl (C=O) groups is 2. The molecular weight excluding hydrogens is 472 g/mol. The van der Waals surface area contributed by atoms with Gasteiger partial charge in [-0.05, 0) is 87.9 Å². The van der Waals surface area contributed by atoms with Crippen LogP contribution in [-0.4, -0.2) is 25.2 Å². The first-order valence-electron chi connectivity index (χ1n) is 16.6. The zero-order chi connectivity index (χ0) is 28.2. The van der Waals surface area contributed by atoms with E-state index < -0.39 is 0 Å². The molecule has 0 spiro atoms. The zero-order valence-corrected chi connectivity index (χ0v) is 26.2. The highest BCUT2D eigenvalue weighted by atomic mass is 16.5. The minimum absolute atomic E-state index is 0.0461. The maximum Gasteiger partial charge on any atom is 0.308 e. The van der Waals surface area contributed by atoms with Crippen molar-refractivity contribution < 1.29 is 19.1 Å². The molecule has 0 saturated heterocycles. The van der Waals surface area contributed by atoms with Crippen LogP contribution in [-0.2, 0) is 19.1 Å². The van der Waals surface area contributed by atoms with E-state index in [4.69, 9.17) is 9.47 Å². The van der Waals surface area contributed by atoms with E-state index in [1.807, 2.05) is 0 Å². The van der Waals surface area contributed by atoms with Crippen molar-refractivity contribution in [2.75, 3.05) is 13.2 Å². The smallest absolute Gasteiger partial charge is 0.308 e. The Bertz CT molecular complexity index is 543. The van der Waals surface area contributed by atoms with E-state index in [1.54, 1.807) is 0 Å². The summed E-state index contributed by atoms with van der Waals surface area (Å²) in [6.45, 7) is 15.0. The van der Waals surface area contributed by atoms with E-state index in [2.05, 4.69) is 41.5 Å². The monoisotopic (exact) mass is 536 g/mol. The van der Waals surface area contributed by atoms with Gasteiger partial charge in [0, 0.05) is 0 Å². The lowest BCUT2D eigenvalue weighted by atomic mass is 9.82. The first-order chi connectivity index (χ1) is 18.3. The first kappa shape index (κ1) is 35.0. The summed E-state index contributed by atoms with van der Waals surface area (Å²) in [5, 5.41) is 0. The molecule has 4 nitrogen and oxygen atoms in total. The minimum atomic E-state index is -0.0599. The lowest BCUT2D eigenvalue weighted by molar-refractivity contribution is -0.155. The van der Waals surface area contributed by atoms with E-state index in [0.717, 1.165) is 63.2 Å². The van der Waals surface area contributed by atoms with E-state index >= 15 is 0 Å². The molecule has 0 radical (unpaired) electrons. The number of rotatable bonds is 22. The van der Waals surface area contributed by atoms with Crippen LogP contribution in [0.15, 0.2) is 0 Å². The molecule has 38 heavy (non-hydrogen) atoms. The summed E-state index contributed by atoms with van der Waals surface area (Å²) in [6, 6.07) is 0. The van der Waals surface area contributed by atoms with Crippen molar-refractivity contribution in [1.29, 1.82) is 0 Å². The molecule has 0 heterocycles. The summed E-state index contributed by atoms with van der Waals surface area (Å²) in [6.07, 6.45) is 20.3. The van der Waals surface area contributed by atoms with Gasteiger partial charge in [-0.1, -0.05) is 92.9 Å². The highest BCUT2D eigenvalue weighted by Crippen LogP contribution is 2.31. The average Bonchev–Trinajstić information content (AvgIpc) is 2.89. The highest BCUT2D eigenvalue weighted by molar-refractivity contribution is 5.75. The standard InChI is InChI=1S/C34H64O4/c1-7-9-11-15-27(3)25-29(5)17-13-23-37-33(35)31-19-21-32(22-20-31)34(36)38-24-14-18-30(6)26-28(4)16-12-10-8-2/h27-32H,7-26H2,1-6H3. The molecular formula is C34H64O4. The molecule has 4 heteroatoms. The summed E-state index contributed by atoms with van der Waals surface area (Å²) in [7, 11) is 0. The molecule has 0 N–H and O–H groups in total. The molecule has 1 aliphatic carbocycles. The molecule has 4 unspecified atom stereocenters. The maximum atomic E-state index is 12.5. The minimum Gasteiger partial charge on any atom is -0.465 e. The molecule has 4 atom stereocenters. The fourth-order valence-electron chi connectivity index (χ4n) is 6.34. The van der Waals surface area contributed by atoms with Crippen molar-refractivity contribution in [3.8, 4) is 0 Å². The summed E-state index contributed by atoms with van der Waals surface area (Å²) in [5.74, 6) is 2.75. The largest absolute Gasteiger partial charge is 0.465 e. The fourth-order valence-corrected chi connectivity index (χ4v) is 6.34. The Labute approximate surface area is 236 Å². The zero-order valence-electron chi connectivity index (χ0n) is 26.2. The Morgan fingerprint density at radius 3 is 1.18 bits per heavy atom. The fraction of sp³-hybridized carbons (Fsp3) is 0.941. The molecule has 1 rings (SSSR count). The predicted octanol–water partition coefficient (Wildman–Crippen LogP) is 9.92. The van der Waals surface area contributed by atoms with Crippen LogP contribution in [0, 0.1) is 35.5 Å². The van der Waals surface area contributed by atoms with E-state index in [9.17, 15) is 9.59 Å². The maximum absolute atomic E-state index is 12.5. The Kier molecular flexibility index (Phi) is 20.0. The van der Waals surface area contributed by atoms with Gasteiger partial charge in [0.2, 0.25) is 0 Å². The van der Waals surface area contributed by atoms with Gasteiger partial charge in [-0.25, -0.2) is 0 Å². The van der Waals surface area contributed by atoms with Crippen LogP contribution in [0.4, 0.5) is 0 Å². The first-order valence-corrected chi connectivity index (χ1v) is 16.6. The number of esters is 2. The van der Waals surface area contributed by atoms with Gasteiger partial charge in [-0.3, -0.25) is 9.59 Å². The Morgan fingerprint density at radius 1 is 0.553 bits per heavy atom.